The van der Waals surface area contributed by atoms with Crippen molar-refractivity contribution < 1.29 is 62.5 Å². The van der Waals surface area contributed by atoms with Gasteiger partial charge in [-0.25, -0.2) is 0 Å². The lowest BCUT2D eigenvalue weighted by Crippen LogP contribution is -2.25. The van der Waals surface area contributed by atoms with Gasteiger partial charge in [0.25, 0.3) is 35.9 Å². The molecule has 0 amide bonds. The smallest absolute Gasteiger partial charge is 0.296 e. The van der Waals surface area contributed by atoms with Crippen LogP contribution in [0, 0.1) is 0 Å². The number of carbonyl (C=O) groups is 3. The van der Waals surface area contributed by atoms with Gasteiger partial charge in [-0.15, -0.1) is 4.33 Å². The third-order valence-electron chi connectivity index (χ3n) is 9.23. The van der Waals surface area contributed by atoms with Crippen LogP contribution in [0.2, 0.25) is 0 Å². The SMILES string of the molecule is O=C(CCCSOOc1ccc(S(=O)(=O)O)c(Nc2cc(S(=O)(=O)O)c3[nH]c(=O)c(C(=O)c4ccccc4)c4c3c2C(=O)c2ccccc2-4)c1)c1cccc(S(=O)(=O)O)c1. The van der Waals surface area contributed by atoms with E-state index in [1.54, 1.807) is 18.2 Å². The van der Waals surface area contributed by atoms with Gasteiger partial charge in [-0.3, -0.25) is 32.8 Å². The number of nitrogens with one attached hydrogen (secondary N) is 2. The number of aromatic nitrogens is 1. The number of pyridine rings is 1. The van der Waals surface area contributed by atoms with E-state index in [9.17, 15) is 58.1 Å². The molecule has 1 aliphatic rings. The van der Waals surface area contributed by atoms with Crippen LogP contribution in [0.4, 0.5) is 11.4 Å². The topological polar surface area (TPSA) is 278 Å². The van der Waals surface area contributed by atoms with Crippen LogP contribution in [0.25, 0.3) is 22.0 Å². The molecular formula is C39H28N2O15S4. The first-order chi connectivity index (χ1) is 28.3. The van der Waals surface area contributed by atoms with Crippen molar-refractivity contribution >= 4 is 82.0 Å². The van der Waals surface area contributed by atoms with Crippen molar-refractivity contribution in [3.63, 3.8) is 0 Å². The van der Waals surface area contributed by atoms with Crippen molar-refractivity contribution in [2.45, 2.75) is 27.5 Å². The third kappa shape index (κ3) is 8.37. The fourth-order valence-corrected chi connectivity index (χ4v) is 8.92. The normalized spacial score (nSPS) is 12.6. The average Bonchev–Trinajstić information content (AvgIpc) is 3.20. The molecule has 6 aromatic rings. The number of aromatic amines is 1. The van der Waals surface area contributed by atoms with Gasteiger partial charge in [-0.2, -0.15) is 25.3 Å². The summed E-state index contributed by atoms with van der Waals surface area (Å²) in [5.41, 5.74) is -3.12. The minimum atomic E-state index is -5.23. The number of rotatable bonds is 15. The van der Waals surface area contributed by atoms with E-state index in [-0.39, 0.29) is 63.1 Å². The van der Waals surface area contributed by atoms with E-state index in [2.05, 4.69) is 10.3 Å². The minimum Gasteiger partial charge on any atom is -0.354 e. The molecule has 60 heavy (non-hydrogen) atoms. The molecule has 0 atom stereocenters. The maximum atomic E-state index is 14.4. The van der Waals surface area contributed by atoms with Gasteiger partial charge >= 0.3 is 0 Å². The Morgan fingerprint density at radius 3 is 2.03 bits per heavy atom. The molecule has 17 nitrogen and oxygen atoms in total. The number of hydrogen-bond donors (Lipinski definition) is 5. The van der Waals surface area contributed by atoms with Crippen molar-refractivity contribution in [3.05, 3.63) is 141 Å². The summed E-state index contributed by atoms with van der Waals surface area (Å²) in [5, 5.41) is 2.40. The minimum absolute atomic E-state index is 0.00694. The molecule has 0 bridgehead atoms. The van der Waals surface area contributed by atoms with Crippen LogP contribution in [0.1, 0.15) is 55.0 Å². The number of carbonyl (C=O) groups excluding carboxylic acids is 3. The molecule has 0 aliphatic heterocycles. The van der Waals surface area contributed by atoms with Crippen LogP contribution in [-0.2, 0) is 34.7 Å². The Kier molecular flexibility index (Phi) is 11.4. The van der Waals surface area contributed by atoms with E-state index in [0.29, 0.717) is 0 Å². The lowest BCUT2D eigenvalue weighted by molar-refractivity contribution is -0.0776. The Hall–Kier alpha value is -6.04. The van der Waals surface area contributed by atoms with Gasteiger partial charge in [0.2, 0.25) is 0 Å². The lowest BCUT2D eigenvalue weighted by atomic mass is 9.80. The van der Waals surface area contributed by atoms with Gasteiger partial charge in [-0.1, -0.05) is 66.7 Å². The maximum absolute atomic E-state index is 14.4. The summed E-state index contributed by atoms with van der Waals surface area (Å²) in [6.07, 6.45) is 0.185. The van der Waals surface area contributed by atoms with Crippen LogP contribution in [0.15, 0.2) is 123 Å². The van der Waals surface area contributed by atoms with Crippen LogP contribution >= 0.6 is 12.0 Å². The highest BCUT2D eigenvalue weighted by Crippen LogP contribution is 2.46. The second-order valence-corrected chi connectivity index (χ2v) is 18.0. The van der Waals surface area contributed by atoms with Gasteiger partial charge in [0.15, 0.2) is 23.1 Å². The van der Waals surface area contributed by atoms with Crippen LogP contribution in [-0.4, -0.2) is 67.0 Å². The quantitative estimate of drug-likeness (QED) is 0.0195. The molecule has 0 saturated carbocycles. The van der Waals surface area contributed by atoms with Crippen LogP contribution < -0.4 is 15.8 Å². The second kappa shape index (κ2) is 16.2. The third-order valence-corrected chi connectivity index (χ3v) is 12.5. The summed E-state index contributed by atoms with van der Waals surface area (Å²) in [7, 11) is -14.8. The van der Waals surface area contributed by atoms with E-state index >= 15 is 0 Å². The largest absolute Gasteiger partial charge is 0.354 e. The molecule has 1 aliphatic carbocycles. The Labute approximate surface area is 344 Å². The van der Waals surface area contributed by atoms with Crippen molar-refractivity contribution in [2.75, 3.05) is 11.1 Å². The Bertz CT molecular complexity index is 3190. The standard InChI is InChI=1S/C39H28N2O15S4/c42-29(22-10-6-11-24(18-22)58(46,47)48)14-7-17-57-56-55-23-15-16-30(59(49,50)51)27(19-23)40-28-20-31(60(52,53)54)36-34-32(25-12-4-5-13-26(25)38(44)33(28)34)35(39(45)41-36)37(43)21-8-2-1-3-9-21/h1-6,8-13,15-16,18-20,40H,7,14,17H2,(H,41,45)(H,46,47,48)(H,49,50,51)(H,52,53,54). The summed E-state index contributed by atoms with van der Waals surface area (Å²) >= 11 is 0.736. The summed E-state index contributed by atoms with van der Waals surface area (Å²) in [5.74, 6) is -1.95. The molecular weight excluding hydrogens is 865 g/mol. The molecule has 1 heterocycles. The zero-order valence-corrected chi connectivity index (χ0v) is 33.6. The highest BCUT2D eigenvalue weighted by atomic mass is 32.2. The summed E-state index contributed by atoms with van der Waals surface area (Å²) in [6, 6.07) is 22.3. The molecule has 0 saturated heterocycles. The Morgan fingerprint density at radius 1 is 0.683 bits per heavy atom. The molecule has 5 N–H and O–H groups in total. The molecule has 0 fully saturated rings. The van der Waals surface area contributed by atoms with Gasteiger partial charge in [-0.05, 0) is 42.3 Å². The van der Waals surface area contributed by atoms with E-state index < -0.39 is 90.4 Å². The van der Waals surface area contributed by atoms with Gasteiger partial charge < -0.3 is 15.2 Å². The highest BCUT2D eigenvalue weighted by Gasteiger charge is 2.36. The van der Waals surface area contributed by atoms with Gasteiger partial charge in [0.1, 0.15) is 9.79 Å². The molecule has 1 aromatic heterocycles. The zero-order valence-electron chi connectivity index (χ0n) is 30.3. The van der Waals surface area contributed by atoms with Crippen LogP contribution in [0.3, 0.4) is 0 Å². The van der Waals surface area contributed by atoms with Crippen molar-refractivity contribution in [1.29, 1.82) is 0 Å². The molecule has 21 heteroatoms. The van der Waals surface area contributed by atoms with Crippen LogP contribution in [0.5, 0.6) is 5.75 Å². The number of benzene rings is 5. The summed E-state index contributed by atoms with van der Waals surface area (Å²) in [6.45, 7) is 0. The predicted molar refractivity (Wildman–Crippen MR) is 217 cm³/mol. The zero-order chi connectivity index (χ0) is 43.1. The fourth-order valence-electron chi connectivity index (χ4n) is 6.63. The summed E-state index contributed by atoms with van der Waals surface area (Å²) in [4.78, 5) is 60.2. The van der Waals surface area contributed by atoms with E-state index in [0.717, 1.165) is 48.4 Å². The van der Waals surface area contributed by atoms with E-state index in [1.807, 2.05) is 0 Å². The predicted octanol–water partition coefficient (Wildman–Crippen LogP) is 6.08. The van der Waals surface area contributed by atoms with Crippen molar-refractivity contribution in [3.8, 4) is 16.9 Å². The molecule has 5 aromatic carbocycles. The average molecular weight is 893 g/mol. The number of H-pyrrole nitrogens is 1. The second-order valence-electron chi connectivity index (χ2n) is 13.1. The molecule has 0 unspecified atom stereocenters. The molecule has 308 valence electrons. The van der Waals surface area contributed by atoms with E-state index in [4.69, 9.17) is 9.22 Å². The Balaban J connectivity index is 1.24. The highest BCUT2D eigenvalue weighted by molar-refractivity contribution is 7.94. The first-order valence-corrected chi connectivity index (χ1v) is 22.5. The number of ketones is 3. The Morgan fingerprint density at radius 2 is 1.35 bits per heavy atom. The number of hydrogen-bond acceptors (Lipinski definition) is 14. The number of Topliss-reactive ketones (excluding diaryl/α,β-unsaturated/α-hetero) is 1. The summed E-state index contributed by atoms with van der Waals surface area (Å²) < 4.78 is 109. The number of fused-ring (bicyclic) bond motifs is 2. The van der Waals surface area contributed by atoms with Crippen molar-refractivity contribution in [1.82, 2.24) is 4.98 Å². The van der Waals surface area contributed by atoms with E-state index in [1.165, 1.54) is 48.5 Å². The molecule has 0 radical (unpaired) electrons. The van der Waals surface area contributed by atoms with Gasteiger partial charge in [0, 0.05) is 57.9 Å². The lowest BCUT2D eigenvalue weighted by Gasteiger charge is -2.25. The molecule has 0 spiro atoms. The maximum Gasteiger partial charge on any atom is 0.296 e. The van der Waals surface area contributed by atoms with Crippen molar-refractivity contribution in [2.24, 2.45) is 0 Å². The number of anilines is 2. The van der Waals surface area contributed by atoms with Gasteiger partial charge in [0.05, 0.1) is 32.9 Å². The monoisotopic (exact) mass is 892 g/mol. The fraction of sp³-hybridized carbons (Fsp3) is 0.0769. The first kappa shape index (κ1) is 42.1. The first-order valence-electron chi connectivity index (χ1n) is 17.3. The molecule has 7 rings (SSSR count).